The van der Waals surface area contributed by atoms with Crippen LogP contribution in [0.15, 0.2) is 54.6 Å². The van der Waals surface area contributed by atoms with Crippen LogP contribution in [0.4, 0.5) is 4.79 Å². The van der Waals surface area contributed by atoms with Crippen molar-refractivity contribution in [1.82, 2.24) is 10.2 Å². The molecule has 0 fully saturated rings. The molecule has 3 nitrogen and oxygen atoms in total. The van der Waals surface area contributed by atoms with Crippen LogP contribution in [-0.2, 0) is 13.0 Å². The van der Waals surface area contributed by atoms with Gasteiger partial charge in [-0.1, -0.05) is 54.1 Å². The van der Waals surface area contributed by atoms with E-state index in [0.29, 0.717) is 19.6 Å². The molecule has 2 aromatic rings. The van der Waals surface area contributed by atoms with E-state index < -0.39 is 0 Å². The molecule has 0 atom stereocenters. The summed E-state index contributed by atoms with van der Waals surface area (Å²) in [6.07, 6.45) is 0.773. The minimum atomic E-state index is -0.0339. The zero-order valence-electron chi connectivity index (χ0n) is 12.8. The highest BCUT2D eigenvalue weighted by atomic mass is 35.5. The van der Waals surface area contributed by atoms with Crippen LogP contribution in [0.25, 0.3) is 0 Å². The van der Waals surface area contributed by atoms with Gasteiger partial charge in [-0.3, -0.25) is 0 Å². The van der Waals surface area contributed by atoms with Gasteiger partial charge in [0.15, 0.2) is 0 Å². The van der Waals surface area contributed by atoms with Crippen molar-refractivity contribution in [3.63, 3.8) is 0 Å². The van der Waals surface area contributed by atoms with E-state index in [1.54, 1.807) is 4.90 Å². The number of nitrogens with zero attached hydrogens (tertiary/aromatic N) is 1. The van der Waals surface area contributed by atoms with Gasteiger partial charge in [0, 0.05) is 24.7 Å². The molecule has 0 aromatic heterocycles. The highest BCUT2D eigenvalue weighted by Gasteiger charge is 2.11. The number of hydrogen-bond acceptors (Lipinski definition) is 1. The van der Waals surface area contributed by atoms with E-state index in [2.05, 4.69) is 5.32 Å². The summed E-state index contributed by atoms with van der Waals surface area (Å²) in [5, 5.41) is 3.69. The number of urea groups is 1. The third kappa shape index (κ3) is 5.08. The molecule has 22 heavy (non-hydrogen) atoms. The zero-order valence-corrected chi connectivity index (χ0v) is 13.5. The zero-order chi connectivity index (χ0) is 15.8. The first-order chi connectivity index (χ1) is 10.7. The number of benzene rings is 2. The van der Waals surface area contributed by atoms with Gasteiger partial charge >= 0.3 is 6.03 Å². The van der Waals surface area contributed by atoms with E-state index >= 15 is 0 Å². The average Bonchev–Trinajstić information content (AvgIpc) is 2.53. The molecule has 0 saturated carbocycles. The third-order valence-corrected chi connectivity index (χ3v) is 3.70. The quantitative estimate of drug-likeness (QED) is 0.854. The van der Waals surface area contributed by atoms with E-state index in [-0.39, 0.29) is 6.03 Å². The fraction of sp³-hybridized carbons (Fsp3) is 0.278. The lowest BCUT2D eigenvalue weighted by molar-refractivity contribution is 0.198. The van der Waals surface area contributed by atoms with Crippen LogP contribution < -0.4 is 5.32 Å². The summed E-state index contributed by atoms with van der Waals surface area (Å²) in [6, 6.07) is 17.7. The van der Waals surface area contributed by atoms with Gasteiger partial charge in [0.05, 0.1) is 0 Å². The lowest BCUT2D eigenvalue weighted by Gasteiger charge is -2.21. The second-order valence-electron chi connectivity index (χ2n) is 5.11. The number of hydrogen-bond donors (Lipinski definition) is 1. The van der Waals surface area contributed by atoms with Crippen molar-refractivity contribution in [2.24, 2.45) is 0 Å². The Kier molecular flexibility index (Phi) is 6.28. The van der Waals surface area contributed by atoms with Gasteiger partial charge in [0.25, 0.3) is 0 Å². The van der Waals surface area contributed by atoms with Gasteiger partial charge in [-0.05, 0) is 36.6 Å². The number of amides is 2. The molecule has 0 saturated heterocycles. The highest BCUT2D eigenvalue weighted by Crippen LogP contribution is 2.10. The molecule has 0 heterocycles. The fourth-order valence-corrected chi connectivity index (χ4v) is 2.46. The summed E-state index contributed by atoms with van der Waals surface area (Å²) in [6.45, 7) is 3.89. The number of halogens is 1. The summed E-state index contributed by atoms with van der Waals surface area (Å²) in [7, 11) is 0. The summed E-state index contributed by atoms with van der Waals surface area (Å²) in [5.74, 6) is 0. The smallest absolute Gasteiger partial charge is 0.317 e. The second-order valence-corrected chi connectivity index (χ2v) is 5.55. The molecule has 2 aromatic carbocycles. The van der Waals surface area contributed by atoms with Gasteiger partial charge < -0.3 is 10.2 Å². The van der Waals surface area contributed by atoms with Crippen LogP contribution in [0.1, 0.15) is 18.1 Å². The summed E-state index contributed by atoms with van der Waals surface area (Å²) in [4.78, 5) is 14.0. The third-order valence-electron chi connectivity index (χ3n) is 3.46. The maximum atomic E-state index is 12.2. The van der Waals surface area contributed by atoms with Gasteiger partial charge in [0.1, 0.15) is 0 Å². The first-order valence-corrected chi connectivity index (χ1v) is 7.88. The van der Waals surface area contributed by atoms with E-state index in [1.807, 2.05) is 61.5 Å². The number of carbonyl (C=O) groups is 1. The number of rotatable bonds is 6. The van der Waals surface area contributed by atoms with Gasteiger partial charge in [-0.25, -0.2) is 4.79 Å². The fourth-order valence-electron chi connectivity index (χ4n) is 2.25. The van der Waals surface area contributed by atoms with E-state index in [9.17, 15) is 4.79 Å². The molecular weight excluding hydrogens is 296 g/mol. The SMILES string of the molecule is CCN(Cc1ccccc1)C(=O)NCCc1cccc(Cl)c1. The molecule has 0 radical (unpaired) electrons. The Morgan fingerprint density at radius 2 is 1.82 bits per heavy atom. The number of nitrogens with one attached hydrogen (secondary N) is 1. The molecule has 0 aliphatic heterocycles. The van der Waals surface area contributed by atoms with Crippen molar-refractivity contribution in [2.45, 2.75) is 19.9 Å². The van der Waals surface area contributed by atoms with Crippen molar-refractivity contribution in [3.05, 3.63) is 70.7 Å². The van der Waals surface area contributed by atoms with Gasteiger partial charge in [-0.15, -0.1) is 0 Å². The molecule has 0 aliphatic rings. The first kappa shape index (κ1) is 16.4. The maximum Gasteiger partial charge on any atom is 0.317 e. The molecule has 0 aliphatic carbocycles. The molecule has 2 amide bonds. The summed E-state index contributed by atoms with van der Waals surface area (Å²) >= 11 is 5.95. The van der Waals surface area contributed by atoms with Crippen molar-refractivity contribution in [3.8, 4) is 0 Å². The van der Waals surface area contributed by atoms with Crippen LogP contribution in [0.5, 0.6) is 0 Å². The van der Waals surface area contributed by atoms with Crippen LogP contribution in [0.3, 0.4) is 0 Å². The largest absolute Gasteiger partial charge is 0.338 e. The van der Waals surface area contributed by atoms with Crippen LogP contribution in [-0.4, -0.2) is 24.0 Å². The van der Waals surface area contributed by atoms with Crippen LogP contribution >= 0.6 is 11.6 Å². The van der Waals surface area contributed by atoms with Crippen molar-refractivity contribution >= 4 is 17.6 Å². The molecule has 0 bridgehead atoms. The van der Waals surface area contributed by atoms with E-state index in [0.717, 1.165) is 22.6 Å². The van der Waals surface area contributed by atoms with Crippen molar-refractivity contribution in [1.29, 1.82) is 0 Å². The summed E-state index contributed by atoms with van der Waals surface area (Å²) in [5.41, 5.74) is 2.26. The first-order valence-electron chi connectivity index (χ1n) is 7.50. The van der Waals surface area contributed by atoms with Gasteiger partial charge in [0.2, 0.25) is 0 Å². The van der Waals surface area contributed by atoms with Crippen LogP contribution in [0.2, 0.25) is 5.02 Å². The normalized spacial score (nSPS) is 10.3. The topological polar surface area (TPSA) is 32.3 Å². The summed E-state index contributed by atoms with van der Waals surface area (Å²) < 4.78 is 0. The van der Waals surface area contributed by atoms with Crippen LogP contribution in [0, 0.1) is 0 Å². The lowest BCUT2D eigenvalue weighted by Crippen LogP contribution is -2.40. The Balaban J connectivity index is 1.82. The van der Waals surface area contributed by atoms with Crippen molar-refractivity contribution in [2.75, 3.05) is 13.1 Å². The van der Waals surface area contributed by atoms with E-state index in [4.69, 9.17) is 11.6 Å². The predicted octanol–water partition coefficient (Wildman–Crippen LogP) is 4.11. The Hall–Kier alpha value is -2.00. The minimum absolute atomic E-state index is 0.0339. The molecule has 1 N–H and O–H groups in total. The second kappa shape index (κ2) is 8.44. The maximum absolute atomic E-state index is 12.2. The van der Waals surface area contributed by atoms with Gasteiger partial charge in [-0.2, -0.15) is 0 Å². The Morgan fingerprint density at radius 1 is 1.09 bits per heavy atom. The minimum Gasteiger partial charge on any atom is -0.338 e. The standard InChI is InChI=1S/C18H21ClN2O/c1-2-21(14-16-7-4-3-5-8-16)18(22)20-12-11-15-9-6-10-17(19)13-15/h3-10,13H,2,11-12,14H2,1H3,(H,20,22). The average molecular weight is 317 g/mol. The molecular formula is C18H21ClN2O. The molecule has 4 heteroatoms. The Bertz CT molecular complexity index is 601. The predicted molar refractivity (Wildman–Crippen MR) is 91.1 cm³/mol. The molecule has 0 spiro atoms. The number of carbonyl (C=O) groups excluding carboxylic acids is 1. The molecule has 2 rings (SSSR count). The lowest BCUT2D eigenvalue weighted by atomic mass is 10.1. The highest BCUT2D eigenvalue weighted by molar-refractivity contribution is 6.30. The Labute approximate surface area is 136 Å². The molecule has 116 valence electrons. The monoisotopic (exact) mass is 316 g/mol. The van der Waals surface area contributed by atoms with E-state index in [1.165, 1.54) is 0 Å². The van der Waals surface area contributed by atoms with Crippen molar-refractivity contribution < 1.29 is 4.79 Å². The molecule has 0 unspecified atom stereocenters. The Morgan fingerprint density at radius 3 is 2.50 bits per heavy atom.